The Balaban J connectivity index is 1.70. The second-order valence-electron chi connectivity index (χ2n) is 6.56. The van der Waals surface area contributed by atoms with Crippen LogP contribution in [0.25, 0.3) is 10.9 Å². The quantitative estimate of drug-likeness (QED) is 0.663. The van der Waals surface area contributed by atoms with Crippen molar-refractivity contribution in [1.82, 2.24) is 15.3 Å². The number of fused-ring (bicyclic) bond motifs is 1. The van der Waals surface area contributed by atoms with Gasteiger partial charge in [0.2, 0.25) is 0 Å². The fourth-order valence-corrected chi connectivity index (χ4v) is 3.42. The molecule has 0 spiro atoms. The van der Waals surface area contributed by atoms with Crippen LogP contribution in [-0.2, 0) is 0 Å². The molecule has 0 unspecified atom stereocenters. The normalized spacial score (nSPS) is 16.8. The van der Waals surface area contributed by atoms with Crippen LogP contribution >= 0.6 is 11.6 Å². The zero-order valence-corrected chi connectivity index (χ0v) is 16.1. The number of ether oxygens (including phenoxy) is 2. The SMILES string of the molecule is COc1cc2c(Nc3cccc(Cl)c3F)ncnc2cc1O[C@H]1CCCNC1. The molecule has 1 aliphatic rings. The van der Waals surface area contributed by atoms with E-state index in [1.165, 1.54) is 12.4 Å². The number of methoxy groups -OCH3 is 1. The second-order valence-corrected chi connectivity index (χ2v) is 6.96. The molecule has 2 heterocycles. The summed E-state index contributed by atoms with van der Waals surface area (Å²) < 4.78 is 25.9. The lowest BCUT2D eigenvalue weighted by Crippen LogP contribution is -2.37. The lowest BCUT2D eigenvalue weighted by Gasteiger charge is -2.25. The van der Waals surface area contributed by atoms with Crippen LogP contribution in [-0.4, -0.2) is 36.3 Å². The molecule has 6 nitrogen and oxygen atoms in total. The molecule has 0 amide bonds. The van der Waals surface area contributed by atoms with Gasteiger partial charge < -0.3 is 20.1 Å². The average molecular weight is 403 g/mol. The number of aromatic nitrogens is 2. The van der Waals surface area contributed by atoms with Crippen molar-refractivity contribution >= 4 is 34.0 Å². The summed E-state index contributed by atoms with van der Waals surface area (Å²) in [5, 5.41) is 7.05. The van der Waals surface area contributed by atoms with E-state index in [0.717, 1.165) is 25.9 Å². The molecular formula is C20H20ClFN4O2. The van der Waals surface area contributed by atoms with Crippen LogP contribution in [0.2, 0.25) is 5.02 Å². The third kappa shape index (κ3) is 3.81. The van der Waals surface area contributed by atoms with Crippen molar-refractivity contribution in [3.05, 3.63) is 47.5 Å². The van der Waals surface area contributed by atoms with Gasteiger partial charge in [0.15, 0.2) is 17.3 Å². The molecule has 0 bridgehead atoms. The summed E-state index contributed by atoms with van der Waals surface area (Å²) in [5.41, 5.74) is 0.902. The van der Waals surface area contributed by atoms with Crippen LogP contribution in [0.15, 0.2) is 36.7 Å². The standard InChI is InChI=1S/C20H20ClFN4O2/c1-27-17-8-13-16(9-18(17)28-12-4-3-7-23-10-12)24-11-25-20(13)26-15-6-2-5-14(21)19(15)22/h2,5-6,8-9,11-12,23H,3-4,7,10H2,1H3,(H,24,25,26)/t12-/m0/s1. The van der Waals surface area contributed by atoms with E-state index in [9.17, 15) is 4.39 Å². The number of nitrogens with zero attached hydrogens (tertiary/aromatic N) is 2. The molecule has 8 heteroatoms. The maximum atomic E-state index is 14.3. The zero-order chi connectivity index (χ0) is 19.5. The van der Waals surface area contributed by atoms with E-state index >= 15 is 0 Å². The van der Waals surface area contributed by atoms with Crippen molar-refractivity contribution in [2.24, 2.45) is 0 Å². The Morgan fingerprint density at radius 3 is 2.93 bits per heavy atom. The summed E-state index contributed by atoms with van der Waals surface area (Å²) in [6, 6.07) is 8.38. The molecule has 1 aromatic heterocycles. The van der Waals surface area contributed by atoms with E-state index in [4.69, 9.17) is 21.1 Å². The molecule has 0 saturated carbocycles. The highest BCUT2D eigenvalue weighted by Gasteiger charge is 2.19. The third-order valence-corrected chi connectivity index (χ3v) is 4.96. The minimum Gasteiger partial charge on any atom is -0.493 e. The first-order chi connectivity index (χ1) is 13.7. The summed E-state index contributed by atoms with van der Waals surface area (Å²) in [6.07, 6.45) is 3.56. The molecule has 1 fully saturated rings. The van der Waals surface area contributed by atoms with Crippen LogP contribution in [0.3, 0.4) is 0 Å². The van der Waals surface area contributed by atoms with E-state index < -0.39 is 5.82 Å². The van der Waals surface area contributed by atoms with Crippen LogP contribution in [0.1, 0.15) is 12.8 Å². The van der Waals surface area contributed by atoms with Gasteiger partial charge in [0.05, 0.1) is 23.3 Å². The van der Waals surface area contributed by atoms with Crippen molar-refractivity contribution < 1.29 is 13.9 Å². The van der Waals surface area contributed by atoms with E-state index in [-0.39, 0.29) is 16.8 Å². The molecule has 1 saturated heterocycles. The summed E-state index contributed by atoms with van der Waals surface area (Å²) in [6.45, 7) is 1.81. The minimum atomic E-state index is -0.535. The zero-order valence-electron chi connectivity index (χ0n) is 15.3. The van der Waals surface area contributed by atoms with Crippen LogP contribution < -0.4 is 20.1 Å². The van der Waals surface area contributed by atoms with E-state index in [0.29, 0.717) is 28.2 Å². The highest BCUT2D eigenvalue weighted by Crippen LogP contribution is 2.36. The van der Waals surface area contributed by atoms with Gasteiger partial charge in [-0.15, -0.1) is 0 Å². The van der Waals surface area contributed by atoms with Gasteiger partial charge in [0.25, 0.3) is 0 Å². The van der Waals surface area contributed by atoms with Crippen molar-refractivity contribution in [3.63, 3.8) is 0 Å². The number of halogens is 2. The van der Waals surface area contributed by atoms with Gasteiger partial charge in [-0.1, -0.05) is 17.7 Å². The molecular weight excluding hydrogens is 383 g/mol. The fraction of sp³-hybridized carbons (Fsp3) is 0.300. The second kappa shape index (κ2) is 8.16. The Morgan fingerprint density at radius 2 is 2.14 bits per heavy atom. The maximum absolute atomic E-state index is 14.3. The monoisotopic (exact) mass is 402 g/mol. The Morgan fingerprint density at radius 1 is 1.25 bits per heavy atom. The summed E-state index contributed by atoms with van der Waals surface area (Å²) in [4.78, 5) is 8.59. The van der Waals surface area contributed by atoms with Gasteiger partial charge in [-0.3, -0.25) is 0 Å². The van der Waals surface area contributed by atoms with E-state index in [1.54, 1.807) is 25.3 Å². The van der Waals surface area contributed by atoms with Crippen LogP contribution in [0.5, 0.6) is 11.5 Å². The van der Waals surface area contributed by atoms with Crippen LogP contribution in [0.4, 0.5) is 15.9 Å². The average Bonchev–Trinajstić information content (AvgIpc) is 2.72. The van der Waals surface area contributed by atoms with Crippen molar-refractivity contribution in [3.8, 4) is 11.5 Å². The Labute approximate surface area is 167 Å². The van der Waals surface area contributed by atoms with Crippen molar-refractivity contribution in [2.45, 2.75) is 18.9 Å². The summed E-state index contributed by atoms with van der Waals surface area (Å²) in [7, 11) is 1.58. The van der Waals surface area contributed by atoms with Crippen LogP contribution in [0, 0.1) is 5.82 Å². The number of hydrogen-bond acceptors (Lipinski definition) is 6. The van der Waals surface area contributed by atoms with Gasteiger partial charge in [-0.2, -0.15) is 0 Å². The number of anilines is 2. The number of nitrogens with one attached hydrogen (secondary N) is 2. The topological polar surface area (TPSA) is 68.3 Å². The van der Waals surface area contributed by atoms with Gasteiger partial charge >= 0.3 is 0 Å². The number of rotatable bonds is 5. The fourth-order valence-electron chi connectivity index (χ4n) is 3.24. The summed E-state index contributed by atoms with van der Waals surface area (Å²) in [5.74, 6) is 1.12. The first kappa shape index (κ1) is 18.7. The molecule has 4 rings (SSSR count). The van der Waals surface area contributed by atoms with Gasteiger partial charge in [0, 0.05) is 18.0 Å². The lowest BCUT2D eigenvalue weighted by atomic mass is 10.1. The molecule has 28 heavy (non-hydrogen) atoms. The first-order valence-corrected chi connectivity index (χ1v) is 9.44. The van der Waals surface area contributed by atoms with Gasteiger partial charge in [-0.05, 0) is 37.6 Å². The number of piperidine rings is 1. The number of benzene rings is 2. The molecule has 2 N–H and O–H groups in total. The maximum Gasteiger partial charge on any atom is 0.165 e. The Kier molecular flexibility index (Phi) is 5.45. The smallest absolute Gasteiger partial charge is 0.165 e. The Bertz CT molecular complexity index is 995. The first-order valence-electron chi connectivity index (χ1n) is 9.07. The highest BCUT2D eigenvalue weighted by molar-refractivity contribution is 6.31. The molecule has 1 atom stereocenters. The van der Waals surface area contributed by atoms with Gasteiger partial charge in [0.1, 0.15) is 18.2 Å². The number of hydrogen-bond donors (Lipinski definition) is 2. The lowest BCUT2D eigenvalue weighted by molar-refractivity contribution is 0.161. The van der Waals surface area contributed by atoms with Crippen molar-refractivity contribution in [2.75, 3.05) is 25.5 Å². The molecule has 0 aliphatic carbocycles. The highest BCUT2D eigenvalue weighted by atomic mass is 35.5. The molecule has 2 aromatic carbocycles. The Hall–Kier alpha value is -2.64. The largest absolute Gasteiger partial charge is 0.493 e. The van der Waals surface area contributed by atoms with Crippen molar-refractivity contribution in [1.29, 1.82) is 0 Å². The van der Waals surface area contributed by atoms with E-state index in [1.807, 2.05) is 6.07 Å². The molecule has 0 radical (unpaired) electrons. The molecule has 1 aliphatic heterocycles. The van der Waals surface area contributed by atoms with E-state index in [2.05, 4.69) is 20.6 Å². The molecule has 146 valence electrons. The predicted octanol–water partition coefficient (Wildman–Crippen LogP) is 4.31. The third-order valence-electron chi connectivity index (χ3n) is 4.67. The molecule has 3 aromatic rings. The van der Waals surface area contributed by atoms with Gasteiger partial charge in [-0.25, -0.2) is 14.4 Å². The summed E-state index contributed by atoms with van der Waals surface area (Å²) >= 11 is 5.87. The predicted molar refractivity (Wildman–Crippen MR) is 107 cm³/mol. The minimum absolute atomic E-state index is 0.0396.